The Morgan fingerprint density at radius 1 is 0.879 bits per heavy atom. The van der Waals surface area contributed by atoms with E-state index in [2.05, 4.69) is 5.32 Å². The summed E-state index contributed by atoms with van der Waals surface area (Å²) in [5.41, 5.74) is 5.70. The van der Waals surface area contributed by atoms with Crippen LogP contribution in [-0.2, 0) is 16.1 Å². The average molecular weight is 444 g/mol. The number of carbonyl (C=O) groups excluding carboxylic acids is 2. The molecule has 1 heterocycles. The summed E-state index contributed by atoms with van der Waals surface area (Å²) in [7, 11) is 3.91. The summed E-state index contributed by atoms with van der Waals surface area (Å²) in [6.07, 6.45) is 0. The topological polar surface area (TPSA) is 52.7 Å². The molecule has 0 saturated carbocycles. The van der Waals surface area contributed by atoms with Crippen molar-refractivity contribution in [2.24, 2.45) is 0 Å². The summed E-state index contributed by atoms with van der Waals surface area (Å²) >= 11 is 0. The lowest BCUT2D eigenvalue weighted by Gasteiger charge is -2.16. The van der Waals surface area contributed by atoms with Crippen LogP contribution in [0.15, 0.2) is 72.4 Å². The Morgan fingerprint density at radius 2 is 1.55 bits per heavy atom. The van der Waals surface area contributed by atoms with Crippen LogP contribution in [0.5, 0.6) is 0 Å². The van der Waals surface area contributed by atoms with Gasteiger partial charge in [-0.15, -0.1) is 0 Å². The summed E-state index contributed by atoms with van der Waals surface area (Å²) in [6, 6.07) is 19.2. The summed E-state index contributed by atoms with van der Waals surface area (Å²) in [4.78, 5) is 30.1. The predicted molar refractivity (Wildman–Crippen MR) is 129 cm³/mol. The average Bonchev–Trinajstić information content (AvgIpc) is 3.00. The zero-order chi connectivity index (χ0) is 23.7. The number of benzene rings is 3. The minimum absolute atomic E-state index is 0.0666. The molecule has 5 nitrogen and oxygen atoms in total. The number of nitrogens with zero attached hydrogens (tertiary/aromatic N) is 2. The zero-order valence-electron chi connectivity index (χ0n) is 19.1. The lowest BCUT2D eigenvalue weighted by Crippen LogP contribution is -2.32. The first-order valence-corrected chi connectivity index (χ1v) is 10.7. The van der Waals surface area contributed by atoms with E-state index >= 15 is 0 Å². The van der Waals surface area contributed by atoms with Gasteiger partial charge < -0.3 is 10.2 Å². The molecule has 0 unspecified atom stereocenters. The van der Waals surface area contributed by atoms with Gasteiger partial charge in [-0.1, -0.05) is 35.9 Å². The van der Waals surface area contributed by atoms with E-state index in [1.807, 2.05) is 75.3 Å². The highest BCUT2D eigenvalue weighted by Crippen LogP contribution is 2.33. The molecule has 0 saturated heterocycles. The van der Waals surface area contributed by atoms with Gasteiger partial charge in [-0.2, -0.15) is 0 Å². The van der Waals surface area contributed by atoms with Crippen LogP contribution in [0.2, 0.25) is 0 Å². The summed E-state index contributed by atoms with van der Waals surface area (Å²) in [6.45, 7) is 3.98. The Labute approximate surface area is 193 Å². The molecule has 1 aliphatic heterocycles. The molecule has 1 N–H and O–H groups in total. The van der Waals surface area contributed by atoms with Crippen molar-refractivity contribution in [1.29, 1.82) is 0 Å². The zero-order valence-corrected chi connectivity index (χ0v) is 19.1. The molecule has 0 atom stereocenters. The highest BCUT2D eigenvalue weighted by molar-refractivity contribution is 6.36. The number of nitrogens with one attached hydrogen (secondary N) is 1. The number of halogens is 1. The van der Waals surface area contributed by atoms with Crippen molar-refractivity contribution >= 4 is 28.8 Å². The van der Waals surface area contributed by atoms with E-state index in [9.17, 15) is 14.0 Å². The fourth-order valence-electron chi connectivity index (χ4n) is 3.94. The van der Waals surface area contributed by atoms with E-state index in [-0.39, 0.29) is 24.0 Å². The quantitative estimate of drug-likeness (QED) is 0.551. The van der Waals surface area contributed by atoms with Crippen LogP contribution in [0, 0.1) is 19.7 Å². The van der Waals surface area contributed by atoms with Crippen LogP contribution in [0.3, 0.4) is 0 Å². The number of carbonyl (C=O) groups is 2. The van der Waals surface area contributed by atoms with E-state index in [0.717, 1.165) is 16.8 Å². The van der Waals surface area contributed by atoms with Crippen molar-refractivity contribution < 1.29 is 14.0 Å². The first-order valence-electron chi connectivity index (χ1n) is 10.7. The number of rotatable bonds is 6. The molecular formula is C27H26FN3O2. The maximum absolute atomic E-state index is 13.5. The molecule has 168 valence electrons. The second kappa shape index (κ2) is 8.90. The molecule has 1 aliphatic rings. The molecule has 0 aromatic heterocycles. The van der Waals surface area contributed by atoms with Gasteiger partial charge in [0.1, 0.15) is 11.5 Å². The fraction of sp³-hybridized carbons (Fsp3) is 0.185. The molecule has 3 aromatic carbocycles. The lowest BCUT2D eigenvalue weighted by molar-refractivity contribution is -0.137. The third kappa shape index (κ3) is 4.51. The van der Waals surface area contributed by atoms with Gasteiger partial charge in [0.25, 0.3) is 11.8 Å². The van der Waals surface area contributed by atoms with Gasteiger partial charge in [-0.3, -0.25) is 14.5 Å². The Balaban J connectivity index is 1.74. The predicted octanol–water partition coefficient (Wildman–Crippen LogP) is 4.90. The van der Waals surface area contributed by atoms with Crippen LogP contribution in [-0.4, -0.2) is 30.8 Å². The van der Waals surface area contributed by atoms with Gasteiger partial charge in [-0.25, -0.2) is 4.39 Å². The Kier molecular flexibility index (Phi) is 6.01. The Bertz CT molecular complexity index is 1250. The number of imide groups is 1. The maximum Gasteiger partial charge on any atom is 0.278 e. The number of amides is 2. The van der Waals surface area contributed by atoms with Gasteiger partial charge in [-0.05, 0) is 66.9 Å². The van der Waals surface area contributed by atoms with Crippen LogP contribution in [0.1, 0.15) is 22.3 Å². The highest BCUT2D eigenvalue weighted by Gasteiger charge is 2.39. The first kappa shape index (κ1) is 22.3. The monoisotopic (exact) mass is 443 g/mol. The number of anilines is 2. The van der Waals surface area contributed by atoms with Crippen LogP contribution >= 0.6 is 0 Å². The van der Waals surface area contributed by atoms with E-state index in [0.29, 0.717) is 22.4 Å². The van der Waals surface area contributed by atoms with Crippen molar-refractivity contribution in [3.8, 4) is 0 Å². The van der Waals surface area contributed by atoms with E-state index in [4.69, 9.17) is 0 Å². The van der Waals surface area contributed by atoms with Gasteiger partial charge in [0.2, 0.25) is 0 Å². The summed E-state index contributed by atoms with van der Waals surface area (Å²) in [5.74, 6) is -1.14. The third-order valence-electron chi connectivity index (χ3n) is 5.73. The van der Waals surface area contributed by atoms with Crippen LogP contribution < -0.4 is 10.2 Å². The molecule has 6 heteroatoms. The number of hydrogen-bond donors (Lipinski definition) is 1. The molecule has 3 aromatic rings. The maximum atomic E-state index is 13.5. The van der Waals surface area contributed by atoms with Crippen molar-refractivity contribution in [3.63, 3.8) is 0 Å². The second-order valence-corrected chi connectivity index (χ2v) is 8.46. The van der Waals surface area contributed by atoms with E-state index in [1.165, 1.54) is 17.0 Å². The minimum Gasteiger partial charge on any atom is -0.378 e. The summed E-state index contributed by atoms with van der Waals surface area (Å²) in [5, 5.41) is 3.19. The van der Waals surface area contributed by atoms with E-state index < -0.39 is 5.91 Å². The normalized spacial score (nSPS) is 13.7. The molecular weight excluding hydrogens is 417 g/mol. The highest BCUT2D eigenvalue weighted by atomic mass is 19.1. The molecule has 2 amide bonds. The van der Waals surface area contributed by atoms with Crippen molar-refractivity contribution in [1.82, 2.24) is 4.90 Å². The molecule has 0 fully saturated rings. The molecule has 0 bridgehead atoms. The molecule has 33 heavy (non-hydrogen) atoms. The standard InChI is InChI=1S/C27H26FN3O2/c1-17-5-14-23(18(2)15-17)24-25(29-21-10-12-22(13-11-21)30(3)4)27(33)31(26(24)32)16-19-6-8-20(28)9-7-19/h5-15,29H,16H2,1-4H3. The second-order valence-electron chi connectivity index (χ2n) is 8.46. The molecule has 0 spiro atoms. The van der Waals surface area contributed by atoms with Gasteiger partial charge in [0.15, 0.2) is 0 Å². The van der Waals surface area contributed by atoms with Gasteiger partial charge in [0, 0.05) is 25.5 Å². The molecule has 4 rings (SSSR count). The first-order chi connectivity index (χ1) is 15.7. The Hall–Kier alpha value is -3.93. The van der Waals surface area contributed by atoms with Crippen LogP contribution in [0.4, 0.5) is 15.8 Å². The van der Waals surface area contributed by atoms with E-state index in [1.54, 1.807) is 12.1 Å². The molecule has 0 radical (unpaired) electrons. The number of hydrogen-bond acceptors (Lipinski definition) is 4. The van der Waals surface area contributed by atoms with Crippen LogP contribution in [0.25, 0.3) is 5.57 Å². The van der Waals surface area contributed by atoms with Crippen molar-refractivity contribution in [2.45, 2.75) is 20.4 Å². The smallest absolute Gasteiger partial charge is 0.278 e. The third-order valence-corrected chi connectivity index (χ3v) is 5.73. The Morgan fingerprint density at radius 3 is 2.15 bits per heavy atom. The number of aryl methyl sites for hydroxylation is 2. The lowest BCUT2D eigenvalue weighted by atomic mass is 9.97. The minimum atomic E-state index is -0.406. The SMILES string of the molecule is Cc1ccc(C2=C(Nc3ccc(N(C)C)cc3)C(=O)N(Cc3ccc(F)cc3)C2=O)c(C)c1. The van der Waals surface area contributed by atoms with Gasteiger partial charge in [0.05, 0.1) is 12.1 Å². The van der Waals surface area contributed by atoms with Crippen molar-refractivity contribution in [2.75, 3.05) is 24.3 Å². The summed E-state index contributed by atoms with van der Waals surface area (Å²) < 4.78 is 13.3. The van der Waals surface area contributed by atoms with Gasteiger partial charge >= 0.3 is 0 Å². The molecule has 0 aliphatic carbocycles. The fourth-order valence-corrected chi connectivity index (χ4v) is 3.94. The largest absolute Gasteiger partial charge is 0.378 e. The van der Waals surface area contributed by atoms with Crippen molar-refractivity contribution in [3.05, 3.63) is 100 Å².